The molecule has 0 aliphatic carbocycles. The summed E-state index contributed by atoms with van der Waals surface area (Å²) in [5.74, 6) is -0.450. The van der Waals surface area contributed by atoms with Crippen LogP contribution in [0.4, 0.5) is 0 Å². The van der Waals surface area contributed by atoms with Gasteiger partial charge in [0.1, 0.15) is 0 Å². The van der Waals surface area contributed by atoms with Crippen LogP contribution in [0.1, 0.15) is 53.5 Å². The lowest BCUT2D eigenvalue weighted by molar-refractivity contribution is -0.139. The quantitative estimate of drug-likeness (QED) is 0.351. The fourth-order valence-corrected chi connectivity index (χ4v) is 6.12. The Balaban J connectivity index is 1.68. The van der Waals surface area contributed by atoms with E-state index in [-0.39, 0.29) is 12.2 Å². The van der Waals surface area contributed by atoms with Crippen molar-refractivity contribution in [3.63, 3.8) is 0 Å². The number of carbonyl (C=O) groups excluding carboxylic acids is 1. The average Bonchev–Trinajstić information content (AvgIpc) is 3.34. The number of benzene rings is 2. The van der Waals surface area contributed by atoms with E-state index in [4.69, 9.17) is 4.74 Å². The molecule has 194 valence electrons. The number of thiazole rings is 1. The van der Waals surface area contributed by atoms with Crippen LogP contribution in [0.3, 0.4) is 0 Å². The Bertz CT molecular complexity index is 1770. The molecule has 3 heterocycles. The lowest BCUT2D eigenvalue weighted by Gasteiger charge is -2.24. The minimum atomic E-state index is -0.600. The molecule has 4 aromatic rings. The van der Waals surface area contributed by atoms with Gasteiger partial charge in [-0.1, -0.05) is 47.7 Å². The SMILES string of the molecule is CCOC(=O)C1=C(C)N=c2s/c(=C/c3cc(C)n(-c4ccc(C)c(C)c4)c3C)c(=O)n2[C@@H]1c1ccccc1. The highest BCUT2D eigenvalue weighted by atomic mass is 32.1. The summed E-state index contributed by atoms with van der Waals surface area (Å²) in [5.41, 5.74) is 8.33. The monoisotopic (exact) mass is 525 g/mol. The number of hydrogen-bond donors (Lipinski definition) is 0. The molecule has 0 bridgehead atoms. The minimum Gasteiger partial charge on any atom is -0.463 e. The van der Waals surface area contributed by atoms with Crippen LogP contribution < -0.4 is 14.9 Å². The number of rotatable bonds is 5. The fraction of sp³-hybridized carbons (Fsp3) is 0.258. The summed E-state index contributed by atoms with van der Waals surface area (Å²) >= 11 is 1.34. The molecule has 1 aliphatic rings. The molecule has 0 amide bonds. The first-order valence-electron chi connectivity index (χ1n) is 12.7. The number of hydrogen-bond acceptors (Lipinski definition) is 5. The van der Waals surface area contributed by atoms with E-state index in [1.807, 2.05) is 36.4 Å². The zero-order chi connectivity index (χ0) is 27.1. The van der Waals surface area contributed by atoms with E-state index in [1.165, 1.54) is 22.5 Å². The summed E-state index contributed by atoms with van der Waals surface area (Å²) < 4.78 is 9.79. The van der Waals surface area contributed by atoms with Crippen LogP contribution in [-0.2, 0) is 9.53 Å². The van der Waals surface area contributed by atoms with Gasteiger partial charge in [-0.3, -0.25) is 9.36 Å². The van der Waals surface area contributed by atoms with E-state index in [0.29, 0.717) is 20.6 Å². The number of allylic oxidation sites excluding steroid dienone is 1. The van der Waals surface area contributed by atoms with Gasteiger partial charge in [0.2, 0.25) is 0 Å². The van der Waals surface area contributed by atoms with Gasteiger partial charge >= 0.3 is 5.97 Å². The lowest BCUT2D eigenvalue weighted by Crippen LogP contribution is -2.39. The zero-order valence-corrected chi connectivity index (χ0v) is 23.3. The van der Waals surface area contributed by atoms with Gasteiger partial charge in [0, 0.05) is 17.1 Å². The Morgan fingerprint density at radius 3 is 2.45 bits per heavy atom. The highest BCUT2D eigenvalue weighted by Gasteiger charge is 2.33. The third kappa shape index (κ3) is 4.37. The van der Waals surface area contributed by atoms with Gasteiger partial charge in [-0.25, -0.2) is 9.79 Å². The number of fused-ring (bicyclic) bond motifs is 1. The molecule has 1 aliphatic heterocycles. The Hall–Kier alpha value is -3.97. The number of nitrogens with zero attached hydrogens (tertiary/aromatic N) is 3. The largest absolute Gasteiger partial charge is 0.463 e. The third-order valence-corrected chi connectivity index (χ3v) is 8.12. The maximum Gasteiger partial charge on any atom is 0.338 e. The van der Waals surface area contributed by atoms with E-state index in [0.717, 1.165) is 28.2 Å². The second kappa shape index (κ2) is 10.1. The molecule has 0 saturated heterocycles. The standard InChI is InChI=1S/C31H31N3O3S/c1-7-37-30(36)27-21(5)32-31-34(28(27)23-11-9-8-10-12-23)29(35)26(38-31)17-24-16-20(4)33(22(24)6)25-14-13-18(2)19(3)15-25/h8-17,28H,7H2,1-6H3/b26-17+/t28-/m1/s1. The first-order valence-corrected chi connectivity index (χ1v) is 13.5. The number of carbonyl (C=O) groups is 1. The average molecular weight is 526 g/mol. The molecule has 0 spiro atoms. The fourth-order valence-electron chi connectivity index (χ4n) is 5.08. The van der Waals surface area contributed by atoms with Crippen LogP contribution in [0.2, 0.25) is 0 Å². The van der Waals surface area contributed by atoms with E-state index in [2.05, 4.69) is 61.5 Å². The molecule has 0 radical (unpaired) electrons. The number of aromatic nitrogens is 2. The third-order valence-electron chi connectivity index (χ3n) is 7.14. The topological polar surface area (TPSA) is 65.6 Å². The first kappa shape index (κ1) is 25.7. The van der Waals surface area contributed by atoms with Crippen molar-refractivity contribution in [2.75, 3.05) is 6.61 Å². The maximum absolute atomic E-state index is 13.9. The molecule has 0 saturated carbocycles. The van der Waals surface area contributed by atoms with Gasteiger partial charge in [-0.2, -0.15) is 0 Å². The molecule has 0 unspecified atom stereocenters. The zero-order valence-electron chi connectivity index (χ0n) is 22.5. The van der Waals surface area contributed by atoms with Crippen molar-refractivity contribution in [3.8, 4) is 5.69 Å². The number of esters is 1. The van der Waals surface area contributed by atoms with Crippen molar-refractivity contribution in [1.29, 1.82) is 0 Å². The molecule has 1 atom stereocenters. The first-order chi connectivity index (χ1) is 18.2. The summed E-state index contributed by atoms with van der Waals surface area (Å²) in [6, 6.07) is 17.5. The number of aryl methyl sites for hydroxylation is 3. The second-order valence-electron chi connectivity index (χ2n) is 9.64. The van der Waals surface area contributed by atoms with Gasteiger partial charge in [-0.05, 0) is 88.1 Å². The van der Waals surface area contributed by atoms with Crippen LogP contribution in [0, 0.1) is 27.7 Å². The van der Waals surface area contributed by atoms with Crippen molar-refractivity contribution in [3.05, 3.63) is 119 Å². The Labute approximate surface area is 225 Å². The molecule has 38 heavy (non-hydrogen) atoms. The Morgan fingerprint density at radius 1 is 1.03 bits per heavy atom. The summed E-state index contributed by atoms with van der Waals surface area (Å²) in [4.78, 5) is 32.2. The summed E-state index contributed by atoms with van der Waals surface area (Å²) in [5, 5.41) is 0. The molecule has 0 N–H and O–H groups in total. The number of ether oxygens (including phenoxy) is 1. The van der Waals surface area contributed by atoms with E-state index in [9.17, 15) is 9.59 Å². The Morgan fingerprint density at radius 2 is 1.76 bits per heavy atom. The summed E-state index contributed by atoms with van der Waals surface area (Å²) in [7, 11) is 0. The van der Waals surface area contributed by atoms with Gasteiger partial charge in [0.25, 0.3) is 5.56 Å². The van der Waals surface area contributed by atoms with Gasteiger partial charge in [0.05, 0.1) is 28.5 Å². The molecular formula is C31H31N3O3S. The summed E-state index contributed by atoms with van der Waals surface area (Å²) in [6.07, 6.45) is 1.94. The summed E-state index contributed by atoms with van der Waals surface area (Å²) in [6.45, 7) is 12.2. The van der Waals surface area contributed by atoms with Crippen LogP contribution in [-0.4, -0.2) is 21.7 Å². The minimum absolute atomic E-state index is 0.173. The maximum atomic E-state index is 13.9. The predicted octanol–water partition coefficient (Wildman–Crippen LogP) is 4.82. The second-order valence-corrected chi connectivity index (χ2v) is 10.7. The molecule has 0 fully saturated rings. The van der Waals surface area contributed by atoms with Crippen molar-refractivity contribution < 1.29 is 9.53 Å². The molecule has 5 rings (SSSR count). The van der Waals surface area contributed by atoms with Crippen molar-refractivity contribution >= 4 is 23.4 Å². The predicted molar refractivity (Wildman–Crippen MR) is 152 cm³/mol. The van der Waals surface area contributed by atoms with E-state index in [1.54, 1.807) is 18.4 Å². The van der Waals surface area contributed by atoms with Crippen LogP contribution in [0.5, 0.6) is 0 Å². The van der Waals surface area contributed by atoms with Gasteiger partial charge in [0.15, 0.2) is 4.80 Å². The van der Waals surface area contributed by atoms with Crippen molar-refractivity contribution in [1.82, 2.24) is 9.13 Å². The molecule has 6 nitrogen and oxygen atoms in total. The van der Waals surface area contributed by atoms with Gasteiger partial charge < -0.3 is 9.30 Å². The smallest absolute Gasteiger partial charge is 0.338 e. The highest BCUT2D eigenvalue weighted by Crippen LogP contribution is 2.30. The molecular weight excluding hydrogens is 494 g/mol. The molecule has 2 aromatic heterocycles. The van der Waals surface area contributed by atoms with Crippen molar-refractivity contribution in [2.45, 2.75) is 47.6 Å². The van der Waals surface area contributed by atoms with Crippen LogP contribution in [0.25, 0.3) is 11.8 Å². The lowest BCUT2D eigenvalue weighted by atomic mass is 9.96. The van der Waals surface area contributed by atoms with Crippen molar-refractivity contribution in [2.24, 2.45) is 4.99 Å². The van der Waals surface area contributed by atoms with Crippen LogP contribution in [0.15, 0.2) is 75.7 Å². The molecule has 2 aromatic carbocycles. The molecule has 7 heteroatoms. The van der Waals surface area contributed by atoms with E-state index >= 15 is 0 Å². The Kier molecular flexibility index (Phi) is 6.80. The van der Waals surface area contributed by atoms with E-state index < -0.39 is 12.0 Å². The van der Waals surface area contributed by atoms with Gasteiger partial charge in [-0.15, -0.1) is 0 Å². The normalized spacial score (nSPS) is 15.4. The highest BCUT2D eigenvalue weighted by molar-refractivity contribution is 7.07. The van der Waals surface area contributed by atoms with Crippen LogP contribution >= 0.6 is 11.3 Å².